The van der Waals surface area contributed by atoms with Gasteiger partial charge in [0, 0.05) is 22.8 Å². The number of hydrogen-bond acceptors (Lipinski definition) is 2. The Balaban J connectivity index is 1.89. The zero-order chi connectivity index (χ0) is 15.8. The normalized spacial score (nSPS) is 16.2. The van der Waals surface area contributed by atoms with Gasteiger partial charge in [-0.3, -0.25) is 0 Å². The summed E-state index contributed by atoms with van der Waals surface area (Å²) in [6.45, 7) is 0.945. The Labute approximate surface area is 141 Å². The van der Waals surface area contributed by atoms with Crippen molar-refractivity contribution in [3.63, 3.8) is 0 Å². The van der Waals surface area contributed by atoms with Gasteiger partial charge < -0.3 is 9.47 Å². The van der Waals surface area contributed by atoms with Crippen molar-refractivity contribution in [1.82, 2.24) is 9.47 Å². The molecule has 0 saturated carbocycles. The molecule has 0 amide bonds. The van der Waals surface area contributed by atoms with Crippen LogP contribution in [0.25, 0.3) is 5.69 Å². The summed E-state index contributed by atoms with van der Waals surface area (Å²) >= 11 is 1.95. The van der Waals surface area contributed by atoms with E-state index >= 15 is 0 Å². The highest BCUT2D eigenvalue weighted by Crippen LogP contribution is 2.48. The molecule has 0 radical (unpaired) electrons. The molecule has 0 unspecified atom stereocenters. The van der Waals surface area contributed by atoms with Crippen molar-refractivity contribution >= 4 is 11.8 Å². The Bertz CT molecular complexity index is 821. The van der Waals surface area contributed by atoms with Crippen LogP contribution in [0.5, 0.6) is 0 Å². The Morgan fingerprint density at radius 2 is 1.65 bits per heavy atom. The van der Waals surface area contributed by atoms with Crippen molar-refractivity contribution in [3.05, 3.63) is 83.7 Å². The van der Waals surface area contributed by atoms with E-state index in [1.807, 2.05) is 11.8 Å². The molecule has 1 aromatic heterocycles. The van der Waals surface area contributed by atoms with Crippen LogP contribution < -0.4 is 0 Å². The number of fused-ring (bicyclic) bond motifs is 3. The van der Waals surface area contributed by atoms with E-state index in [0.717, 1.165) is 6.54 Å². The van der Waals surface area contributed by atoms with E-state index in [1.165, 1.54) is 27.5 Å². The van der Waals surface area contributed by atoms with Crippen molar-refractivity contribution in [1.29, 1.82) is 0 Å². The Morgan fingerprint density at radius 3 is 2.43 bits per heavy atom. The fourth-order valence-electron chi connectivity index (χ4n) is 3.24. The van der Waals surface area contributed by atoms with Gasteiger partial charge in [-0.1, -0.05) is 42.5 Å². The van der Waals surface area contributed by atoms with Crippen molar-refractivity contribution in [2.75, 3.05) is 14.1 Å². The van der Waals surface area contributed by atoms with Gasteiger partial charge in [-0.05, 0) is 43.9 Å². The molecule has 23 heavy (non-hydrogen) atoms. The summed E-state index contributed by atoms with van der Waals surface area (Å²) in [5.41, 5.74) is 5.39. The van der Waals surface area contributed by atoms with Gasteiger partial charge >= 0.3 is 0 Å². The smallest absolute Gasteiger partial charge is 0.0750 e. The number of benzene rings is 2. The SMILES string of the molecule is CN(C)Cc1ccc2n1-c1ccccc1S[C@H]2c1ccccc1. The summed E-state index contributed by atoms with van der Waals surface area (Å²) in [5, 5.41) is 0.349. The summed E-state index contributed by atoms with van der Waals surface area (Å²) < 4.78 is 2.45. The number of aromatic nitrogens is 1. The monoisotopic (exact) mass is 320 g/mol. The van der Waals surface area contributed by atoms with Crippen LogP contribution in [0.2, 0.25) is 0 Å². The Kier molecular flexibility index (Phi) is 3.76. The number of nitrogens with zero attached hydrogens (tertiary/aromatic N) is 2. The average molecular weight is 320 g/mol. The third-order valence-electron chi connectivity index (χ3n) is 4.19. The van der Waals surface area contributed by atoms with Crippen LogP contribution in [0.4, 0.5) is 0 Å². The number of para-hydroxylation sites is 1. The summed E-state index contributed by atoms with van der Waals surface area (Å²) in [6.07, 6.45) is 0. The molecule has 0 spiro atoms. The molecule has 2 nitrogen and oxygen atoms in total. The number of rotatable bonds is 3. The molecule has 3 aromatic rings. The van der Waals surface area contributed by atoms with Gasteiger partial charge in [0.25, 0.3) is 0 Å². The van der Waals surface area contributed by atoms with Crippen LogP contribution in [0.15, 0.2) is 71.6 Å². The first-order chi connectivity index (χ1) is 11.2. The summed E-state index contributed by atoms with van der Waals surface area (Å²) in [4.78, 5) is 3.58. The lowest BCUT2D eigenvalue weighted by Crippen LogP contribution is -2.18. The summed E-state index contributed by atoms with van der Waals surface area (Å²) in [5.74, 6) is 0. The third kappa shape index (κ3) is 2.60. The molecule has 2 aromatic carbocycles. The highest BCUT2D eigenvalue weighted by molar-refractivity contribution is 8.00. The fourth-order valence-corrected chi connectivity index (χ4v) is 4.53. The standard InChI is InChI=1S/C20H20N2S/c1-21(2)14-16-12-13-18-20(15-8-4-3-5-9-15)23-19-11-7-6-10-17(19)22(16)18/h3-13,20H,14H2,1-2H3/t20-/m0/s1. The molecular formula is C20H20N2S. The van der Waals surface area contributed by atoms with Crippen LogP contribution >= 0.6 is 11.8 Å². The highest BCUT2D eigenvalue weighted by Gasteiger charge is 2.28. The van der Waals surface area contributed by atoms with Gasteiger partial charge in [-0.15, -0.1) is 11.8 Å². The van der Waals surface area contributed by atoms with Crippen molar-refractivity contribution < 1.29 is 0 Å². The maximum absolute atomic E-state index is 2.45. The molecule has 1 aliphatic rings. The Hall–Kier alpha value is -1.97. The van der Waals surface area contributed by atoms with Crippen LogP contribution in [0.3, 0.4) is 0 Å². The predicted octanol–water partition coefficient (Wildman–Crippen LogP) is 4.73. The summed E-state index contributed by atoms with van der Waals surface area (Å²) in [6, 6.07) is 24.1. The maximum atomic E-state index is 2.45. The van der Waals surface area contributed by atoms with Crippen molar-refractivity contribution in [2.24, 2.45) is 0 Å². The van der Waals surface area contributed by atoms with Gasteiger partial charge in [0.05, 0.1) is 10.9 Å². The molecule has 0 aliphatic carbocycles. The molecule has 0 saturated heterocycles. The average Bonchev–Trinajstić information content (AvgIpc) is 2.98. The summed E-state index contributed by atoms with van der Waals surface area (Å²) in [7, 11) is 4.25. The molecule has 1 aliphatic heterocycles. The first-order valence-electron chi connectivity index (χ1n) is 7.90. The lowest BCUT2D eigenvalue weighted by Gasteiger charge is -2.29. The lowest BCUT2D eigenvalue weighted by atomic mass is 10.1. The number of hydrogen-bond donors (Lipinski definition) is 0. The lowest BCUT2D eigenvalue weighted by molar-refractivity contribution is 0.393. The van der Waals surface area contributed by atoms with E-state index in [2.05, 4.69) is 90.3 Å². The number of thioether (sulfide) groups is 1. The Morgan fingerprint density at radius 1 is 0.913 bits per heavy atom. The van der Waals surface area contributed by atoms with Gasteiger partial charge in [-0.2, -0.15) is 0 Å². The second-order valence-corrected chi connectivity index (χ2v) is 7.35. The second kappa shape index (κ2) is 5.91. The molecular weight excluding hydrogens is 300 g/mol. The molecule has 0 bridgehead atoms. The van der Waals surface area contributed by atoms with E-state index in [0.29, 0.717) is 5.25 Å². The largest absolute Gasteiger partial charge is 0.314 e. The predicted molar refractivity (Wildman–Crippen MR) is 97.3 cm³/mol. The zero-order valence-electron chi connectivity index (χ0n) is 13.4. The minimum atomic E-state index is 0.349. The molecule has 0 N–H and O–H groups in total. The minimum absolute atomic E-state index is 0.349. The first-order valence-corrected chi connectivity index (χ1v) is 8.78. The zero-order valence-corrected chi connectivity index (χ0v) is 14.3. The fraction of sp³-hybridized carbons (Fsp3) is 0.200. The molecule has 3 heteroatoms. The quantitative estimate of drug-likeness (QED) is 0.689. The van der Waals surface area contributed by atoms with Gasteiger partial charge in [0.2, 0.25) is 0 Å². The first kappa shape index (κ1) is 14.6. The molecule has 0 fully saturated rings. The van der Waals surface area contributed by atoms with Crippen molar-refractivity contribution in [2.45, 2.75) is 16.7 Å². The van der Waals surface area contributed by atoms with Gasteiger partial charge in [-0.25, -0.2) is 0 Å². The van der Waals surface area contributed by atoms with E-state index in [-0.39, 0.29) is 0 Å². The topological polar surface area (TPSA) is 8.17 Å². The van der Waals surface area contributed by atoms with E-state index < -0.39 is 0 Å². The van der Waals surface area contributed by atoms with Crippen molar-refractivity contribution in [3.8, 4) is 5.69 Å². The van der Waals surface area contributed by atoms with E-state index in [4.69, 9.17) is 0 Å². The van der Waals surface area contributed by atoms with E-state index in [9.17, 15) is 0 Å². The van der Waals surface area contributed by atoms with Crippen LogP contribution in [-0.2, 0) is 6.54 Å². The van der Waals surface area contributed by atoms with Crippen LogP contribution in [0, 0.1) is 0 Å². The second-order valence-electron chi connectivity index (χ2n) is 6.20. The molecule has 2 heterocycles. The minimum Gasteiger partial charge on any atom is -0.314 e. The third-order valence-corrected chi connectivity index (χ3v) is 5.54. The molecule has 4 rings (SSSR count). The van der Waals surface area contributed by atoms with Crippen LogP contribution in [-0.4, -0.2) is 23.6 Å². The van der Waals surface area contributed by atoms with E-state index in [1.54, 1.807) is 0 Å². The molecule has 116 valence electrons. The highest BCUT2D eigenvalue weighted by atomic mass is 32.2. The van der Waals surface area contributed by atoms with Gasteiger partial charge in [0.15, 0.2) is 0 Å². The van der Waals surface area contributed by atoms with Gasteiger partial charge in [0.1, 0.15) is 0 Å². The van der Waals surface area contributed by atoms with Crippen LogP contribution in [0.1, 0.15) is 22.2 Å². The molecule has 1 atom stereocenters. The maximum Gasteiger partial charge on any atom is 0.0750 e.